The van der Waals surface area contributed by atoms with Gasteiger partial charge in [-0.1, -0.05) is 6.92 Å². The molecule has 2 aromatic rings. The molecule has 5 rings (SSSR count). The highest BCUT2D eigenvalue weighted by atomic mass is 16.5. The van der Waals surface area contributed by atoms with Crippen LogP contribution in [0.2, 0.25) is 0 Å². The maximum atomic E-state index is 13.3. The van der Waals surface area contributed by atoms with Gasteiger partial charge in [0.25, 0.3) is 5.91 Å². The summed E-state index contributed by atoms with van der Waals surface area (Å²) in [5, 5.41) is 16.4. The van der Waals surface area contributed by atoms with Gasteiger partial charge in [-0.15, -0.1) is 0 Å². The van der Waals surface area contributed by atoms with E-state index in [1.165, 1.54) is 5.56 Å². The van der Waals surface area contributed by atoms with E-state index in [1.807, 2.05) is 18.2 Å². The van der Waals surface area contributed by atoms with E-state index in [0.29, 0.717) is 24.8 Å². The number of carbonyl (C=O) groups excluding carboxylic acids is 1. The third kappa shape index (κ3) is 4.77. The summed E-state index contributed by atoms with van der Waals surface area (Å²) in [4.78, 5) is 22.4. The minimum absolute atomic E-state index is 0.206. The summed E-state index contributed by atoms with van der Waals surface area (Å²) in [5.41, 5.74) is 4.60. The molecule has 2 saturated heterocycles. The number of rotatable bonds is 5. The van der Waals surface area contributed by atoms with Gasteiger partial charge in [0.05, 0.1) is 19.3 Å². The first-order valence-electron chi connectivity index (χ1n) is 12.1. The number of hydrogen-bond acceptors (Lipinski definition) is 7. The van der Waals surface area contributed by atoms with Crippen molar-refractivity contribution >= 4 is 28.8 Å². The van der Waals surface area contributed by atoms with Crippen molar-refractivity contribution in [1.82, 2.24) is 4.98 Å². The smallest absolute Gasteiger partial charge is 0.274 e. The highest BCUT2D eigenvalue weighted by Gasteiger charge is 2.24. The summed E-state index contributed by atoms with van der Waals surface area (Å²) in [6.45, 7) is 7.50. The average molecular weight is 452 g/mol. The molecule has 0 saturated carbocycles. The lowest BCUT2D eigenvalue weighted by Crippen LogP contribution is -2.38. The third-order valence-corrected chi connectivity index (χ3v) is 6.97. The fraction of sp³-hybridized carbons (Fsp3) is 0.520. The topological polar surface area (TPSA) is 90.0 Å². The van der Waals surface area contributed by atoms with Crippen LogP contribution < -0.4 is 20.4 Å². The van der Waals surface area contributed by atoms with Crippen LogP contribution in [0.25, 0.3) is 0 Å². The maximum absolute atomic E-state index is 13.3. The molecule has 1 atom stereocenters. The number of benzene rings is 1. The molecule has 1 unspecified atom stereocenters. The lowest BCUT2D eigenvalue weighted by molar-refractivity contribution is 0.102. The van der Waals surface area contributed by atoms with Gasteiger partial charge in [-0.05, 0) is 49.1 Å². The van der Waals surface area contributed by atoms with Gasteiger partial charge in [0.1, 0.15) is 11.5 Å². The molecule has 0 radical (unpaired) electrons. The molecule has 33 heavy (non-hydrogen) atoms. The monoisotopic (exact) mass is 451 g/mol. The zero-order valence-corrected chi connectivity index (χ0v) is 19.2. The van der Waals surface area contributed by atoms with E-state index in [1.54, 1.807) is 0 Å². The molecule has 3 aliphatic rings. The summed E-state index contributed by atoms with van der Waals surface area (Å²) < 4.78 is 5.50. The van der Waals surface area contributed by atoms with Crippen molar-refractivity contribution in [3.8, 4) is 0 Å². The average Bonchev–Trinajstić information content (AvgIpc) is 3.27. The Labute approximate surface area is 194 Å². The van der Waals surface area contributed by atoms with E-state index in [-0.39, 0.29) is 12.0 Å². The second-order valence-corrected chi connectivity index (χ2v) is 9.13. The molecular weight excluding hydrogens is 418 g/mol. The molecule has 2 fully saturated rings. The first-order valence-corrected chi connectivity index (χ1v) is 12.1. The summed E-state index contributed by atoms with van der Waals surface area (Å²) in [6, 6.07) is 10.0. The Kier molecular flexibility index (Phi) is 6.37. The highest BCUT2D eigenvalue weighted by molar-refractivity contribution is 6.04. The van der Waals surface area contributed by atoms with Crippen LogP contribution in [-0.2, 0) is 4.74 Å². The molecule has 0 spiro atoms. The highest BCUT2D eigenvalue weighted by Crippen LogP contribution is 2.35. The van der Waals surface area contributed by atoms with Gasteiger partial charge in [0.15, 0.2) is 0 Å². The number of aliphatic hydroxyl groups excluding tert-OH is 1. The summed E-state index contributed by atoms with van der Waals surface area (Å²) in [5.74, 6) is 1.07. The molecule has 1 aromatic carbocycles. The molecule has 3 N–H and O–H groups in total. The van der Waals surface area contributed by atoms with E-state index >= 15 is 0 Å². The number of anilines is 4. The number of amides is 1. The molecule has 0 bridgehead atoms. The fourth-order valence-corrected chi connectivity index (χ4v) is 4.92. The summed E-state index contributed by atoms with van der Waals surface area (Å²) in [7, 11) is 0. The lowest BCUT2D eigenvalue weighted by Gasteiger charge is -2.33. The second kappa shape index (κ2) is 9.57. The standard InChI is InChI=1S/C25H33N5O3/c1-2-17-16-26-22-4-3-18(13-21(17)22)27-25(32)23-14-19(29-7-5-20(31)6-8-29)15-24(28-23)30-9-11-33-12-10-30/h3-4,13-15,17,20,26,31H,2,5-12,16H2,1H3,(H,27,32). The quantitative estimate of drug-likeness (QED) is 0.644. The fourth-order valence-electron chi connectivity index (χ4n) is 4.92. The predicted molar refractivity (Wildman–Crippen MR) is 131 cm³/mol. The number of pyridine rings is 1. The van der Waals surface area contributed by atoms with Crippen LogP contribution in [0.4, 0.5) is 22.9 Å². The zero-order chi connectivity index (χ0) is 22.8. The Bertz CT molecular complexity index is 1000. The molecule has 1 amide bonds. The number of aliphatic hydroxyl groups is 1. The van der Waals surface area contributed by atoms with Crippen molar-refractivity contribution < 1.29 is 14.6 Å². The van der Waals surface area contributed by atoms with Crippen LogP contribution in [0, 0.1) is 0 Å². The number of aromatic nitrogens is 1. The number of fused-ring (bicyclic) bond motifs is 1. The second-order valence-electron chi connectivity index (χ2n) is 9.13. The number of morpholine rings is 1. The van der Waals surface area contributed by atoms with E-state index in [9.17, 15) is 9.90 Å². The maximum Gasteiger partial charge on any atom is 0.274 e. The van der Waals surface area contributed by atoms with Gasteiger partial charge in [-0.3, -0.25) is 4.79 Å². The zero-order valence-electron chi connectivity index (χ0n) is 19.2. The van der Waals surface area contributed by atoms with E-state index in [2.05, 4.69) is 39.5 Å². The molecule has 8 nitrogen and oxygen atoms in total. The van der Waals surface area contributed by atoms with E-state index < -0.39 is 0 Å². The minimum atomic E-state index is -0.245. The molecular formula is C25H33N5O3. The van der Waals surface area contributed by atoms with Crippen molar-refractivity contribution in [2.75, 3.05) is 66.4 Å². The Hall–Kier alpha value is -2.84. The Balaban J connectivity index is 1.41. The number of nitrogens with zero attached hydrogens (tertiary/aromatic N) is 3. The summed E-state index contributed by atoms with van der Waals surface area (Å²) in [6.07, 6.45) is 2.29. The molecule has 1 aromatic heterocycles. The lowest BCUT2D eigenvalue weighted by atomic mass is 9.98. The normalized spacial score (nSPS) is 21.0. The summed E-state index contributed by atoms with van der Waals surface area (Å²) >= 11 is 0. The first-order chi connectivity index (χ1) is 16.1. The molecule has 0 aliphatic carbocycles. The van der Waals surface area contributed by atoms with Crippen LogP contribution in [0.15, 0.2) is 30.3 Å². The van der Waals surface area contributed by atoms with Crippen LogP contribution >= 0.6 is 0 Å². The Morgan fingerprint density at radius 3 is 2.70 bits per heavy atom. The van der Waals surface area contributed by atoms with Gasteiger partial charge in [-0.25, -0.2) is 4.98 Å². The number of ether oxygens (including phenoxy) is 1. The van der Waals surface area contributed by atoms with Crippen LogP contribution in [0.5, 0.6) is 0 Å². The van der Waals surface area contributed by atoms with Crippen molar-refractivity contribution in [1.29, 1.82) is 0 Å². The van der Waals surface area contributed by atoms with Gasteiger partial charge in [0, 0.05) is 61.8 Å². The van der Waals surface area contributed by atoms with Gasteiger partial charge < -0.3 is 30.3 Å². The third-order valence-electron chi connectivity index (χ3n) is 6.97. The largest absolute Gasteiger partial charge is 0.393 e. The van der Waals surface area contributed by atoms with Crippen molar-refractivity contribution in [2.45, 2.75) is 38.2 Å². The molecule has 176 valence electrons. The van der Waals surface area contributed by atoms with Crippen molar-refractivity contribution in [3.63, 3.8) is 0 Å². The van der Waals surface area contributed by atoms with Gasteiger partial charge in [0.2, 0.25) is 0 Å². The number of hydrogen-bond donors (Lipinski definition) is 3. The Morgan fingerprint density at radius 1 is 1.15 bits per heavy atom. The van der Waals surface area contributed by atoms with Crippen LogP contribution in [-0.4, -0.2) is 68.0 Å². The van der Waals surface area contributed by atoms with Crippen LogP contribution in [0.3, 0.4) is 0 Å². The molecule has 3 aliphatic heterocycles. The number of carbonyl (C=O) groups is 1. The predicted octanol–water partition coefficient (Wildman–Crippen LogP) is 3.05. The first kappa shape index (κ1) is 22.0. The molecule has 4 heterocycles. The Morgan fingerprint density at radius 2 is 1.94 bits per heavy atom. The van der Waals surface area contributed by atoms with Crippen molar-refractivity contribution in [2.24, 2.45) is 0 Å². The SMILES string of the molecule is CCC1CNc2ccc(NC(=O)c3cc(N4CCC(O)CC4)cc(N4CCOCC4)n3)cc21. The van der Waals surface area contributed by atoms with Gasteiger partial charge >= 0.3 is 0 Å². The molecule has 8 heteroatoms. The number of nitrogens with one attached hydrogen (secondary N) is 2. The van der Waals surface area contributed by atoms with Crippen LogP contribution in [0.1, 0.15) is 48.2 Å². The van der Waals surface area contributed by atoms with Gasteiger partial charge in [-0.2, -0.15) is 0 Å². The minimum Gasteiger partial charge on any atom is -0.393 e. The van der Waals surface area contributed by atoms with E-state index in [0.717, 1.165) is 74.9 Å². The van der Waals surface area contributed by atoms with Crippen molar-refractivity contribution in [3.05, 3.63) is 41.6 Å². The van der Waals surface area contributed by atoms with E-state index in [4.69, 9.17) is 9.72 Å². The number of piperidine rings is 1.